The van der Waals surface area contributed by atoms with Gasteiger partial charge in [0.25, 0.3) is 0 Å². The number of sulfonamides is 1. The van der Waals surface area contributed by atoms with Gasteiger partial charge in [-0.25, -0.2) is 8.42 Å². The molecule has 2 aromatic carbocycles. The van der Waals surface area contributed by atoms with Crippen molar-refractivity contribution < 1.29 is 18.4 Å². The summed E-state index contributed by atoms with van der Waals surface area (Å²) in [6, 6.07) is 13.5. The molecule has 146 valence electrons. The topological polar surface area (TPSA) is 62.0 Å². The van der Waals surface area contributed by atoms with Crippen molar-refractivity contribution in [3.63, 3.8) is 0 Å². The summed E-state index contributed by atoms with van der Waals surface area (Å²) in [5.74, 6) is 0. The summed E-state index contributed by atoms with van der Waals surface area (Å²) in [4.78, 5) is 1.68. The van der Waals surface area contributed by atoms with Crippen LogP contribution in [0.15, 0.2) is 47.4 Å². The molecule has 0 unspecified atom stereocenters. The maximum atomic E-state index is 13.2. The minimum Gasteiger partial charge on any atom is -0.382 e. The second-order valence-electron chi connectivity index (χ2n) is 7.51. The predicted octanol–water partition coefficient (Wildman–Crippen LogP) is 1.23. The average Bonchev–Trinajstić information content (AvgIpc) is 2.61. The van der Waals surface area contributed by atoms with Gasteiger partial charge in [-0.15, -0.1) is 0 Å². The van der Waals surface area contributed by atoms with Crippen LogP contribution in [0.3, 0.4) is 0 Å². The predicted molar refractivity (Wildman–Crippen MR) is 106 cm³/mol. The highest BCUT2D eigenvalue weighted by Gasteiger charge is 2.33. The first-order valence-electron chi connectivity index (χ1n) is 9.43. The van der Waals surface area contributed by atoms with E-state index in [1.807, 2.05) is 63.2 Å². The Hall–Kier alpha value is -1.73. The molecule has 1 atom stereocenters. The van der Waals surface area contributed by atoms with Gasteiger partial charge in [-0.2, -0.15) is 4.31 Å². The Morgan fingerprint density at radius 2 is 1.59 bits per heavy atom. The number of rotatable bonds is 5. The number of hydrogen-bond acceptors (Lipinski definition) is 3. The minimum atomic E-state index is -3.49. The first-order chi connectivity index (χ1) is 12.8. The molecule has 0 bridgehead atoms. The summed E-state index contributed by atoms with van der Waals surface area (Å²) in [7, 11) is -3.49. The number of hydrogen-bond donors (Lipinski definition) is 2. The van der Waals surface area contributed by atoms with Gasteiger partial charge >= 0.3 is 0 Å². The molecular formula is C21H29N2O3S+. The SMILES string of the molecule is Cc1cc(C)c(S(=O)(=O)N2CC[NH+](C[C@H](O)c3ccccc3)CC2)c(C)c1. The van der Waals surface area contributed by atoms with Gasteiger partial charge in [0.15, 0.2) is 0 Å². The quantitative estimate of drug-likeness (QED) is 0.809. The summed E-state index contributed by atoms with van der Waals surface area (Å²) in [6.07, 6.45) is -0.522. The highest BCUT2D eigenvalue weighted by Crippen LogP contribution is 2.25. The van der Waals surface area contributed by atoms with Crippen molar-refractivity contribution in [3.8, 4) is 0 Å². The van der Waals surface area contributed by atoms with Crippen molar-refractivity contribution in [1.29, 1.82) is 0 Å². The third kappa shape index (κ3) is 4.41. The van der Waals surface area contributed by atoms with E-state index in [0.29, 0.717) is 37.6 Å². The standard InChI is InChI=1S/C21H28N2O3S/c1-16-13-17(2)21(18(3)14-16)27(25,26)23-11-9-22(10-12-23)15-20(24)19-7-5-4-6-8-19/h4-8,13-14,20,24H,9-12,15H2,1-3H3/p+1/t20-/m0/s1. The molecule has 0 aliphatic carbocycles. The molecule has 2 aromatic rings. The summed E-state index contributed by atoms with van der Waals surface area (Å²) in [6.45, 7) is 8.67. The highest BCUT2D eigenvalue weighted by atomic mass is 32.2. The molecule has 0 amide bonds. The summed E-state index contributed by atoms with van der Waals surface area (Å²) in [5.41, 5.74) is 3.60. The number of nitrogens with zero attached hydrogens (tertiary/aromatic N) is 1. The van der Waals surface area contributed by atoms with Crippen molar-refractivity contribution in [2.24, 2.45) is 0 Å². The van der Waals surface area contributed by atoms with Crippen molar-refractivity contribution in [2.75, 3.05) is 32.7 Å². The second-order valence-corrected chi connectivity index (χ2v) is 9.39. The molecule has 6 heteroatoms. The number of aliphatic hydroxyl groups is 1. The monoisotopic (exact) mass is 389 g/mol. The van der Waals surface area contributed by atoms with E-state index in [-0.39, 0.29) is 0 Å². The molecule has 1 aliphatic rings. The summed E-state index contributed by atoms with van der Waals surface area (Å²) >= 11 is 0. The van der Waals surface area contributed by atoms with E-state index in [4.69, 9.17) is 0 Å². The summed E-state index contributed by atoms with van der Waals surface area (Å²) < 4.78 is 27.9. The molecule has 0 spiro atoms. The van der Waals surface area contributed by atoms with Gasteiger partial charge in [0.2, 0.25) is 10.0 Å². The number of aryl methyl sites for hydroxylation is 3. The van der Waals surface area contributed by atoms with E-state index in [1.165, 1.54) is 4.90 Å². The first-order valence-corrected chi connectivity index (χ1v) is 10.9. The Morgan fingerprint density at radius 1 is 1.04 bits per heavy atom. The van der Waals surface area contributed by atoms with Gasteiger partial charge in [-0.3, -0.25) is 0 Å². The Labute approximate surface area is 162 Å². The van der Waals surface area contributed by atoms with Crippen molar-refractivity contribution >= 4 is 10.0 Å². The van der Waals surface area contributed by atoms with Gasteiger partial charge < -0.3 is 10.0 Å². The van der Waals surface area contributed by atoms with Crippen molar-refractivity contribution in [1.82, 2.24) is 4.31 Å². The third-order valence-corrected chi connectivity index (χ3v) is 7.50. The zero-order chi connectivity index (χ0) is 19.6. The molecule has 0 radical (unpaired) electrons. The number of aliphatic hydroxyl groups excluding tert-OH is 1. The lowest BCUT2D eigenvalue weighted by Crippen LogP contribution is -3.15. The van der Waals surface area contributed by atoms with E-state index in [1.54, 1.807) is 4.31 Å². The van der Waals surface area contributed by atoms with Crippen molar-refractivity contribution in [2.45, 2.75) is 31.8 Å². The molecule has 0 saturated carbocycles. The van der Waals surface area contributed by atoms with E-state index in [2.05, 4.69) is 0 Å². The number of benzene rings is 2. The van der Waals surface area contributed by atoms with Gasteiger partial charge in [-0.05, 0) is 37.5 Å². The molecule has 1 fully saturated rings. The fraction of sp³-hybridized carbons (Fsp3) is 0.429. The molecule has 27 heavy (non-hydrogen) atoms. The first kappa shape index (κ1) is 20.0. The van der Waals surface area contributed by atoms with E-state index < -0.39 is 16.1 Å². The van der Waals surface area contributed by atoms with Crippen LogP contribution in [0, 0.1) is 20.8 Å². The zero-order valence-electron chi connectivity index (χ0n) is 16.3. The van der Waals surface area contributed by atoms with Gasteiger partial charge in [-0.1, -0.05) is 48.0 Å². The molecule has 2 N–H and O–H groups in total. The molecule has 5 nitrogen and oxygen atoms in total. The Balaban J connectivity index is 1.67. The molecular weight excluding hydrogens is 360 g/mol. The Kier molecular flexibility index (Phi) is 6.01. The fourth-order valence-corrected chi connectivity index (χ4v) is 5.87. The lowest BCUT2D eigenvalue weighted by atomic mass is 10.1. The fourth-order valence-electron chi connectivity index (χ4n) is 4.02. The highest BCUT2D eigenvalue weighted by molar-refractivity contribution is 7.89. The Morgan fingerprint density at radius 3 is 2.15 bits per heavy atom. The smallest absolute Gasteiger partial charge is 0.244 e. The van der Waals surface area contributed by atoms with Crippen LogP contribution in [-0.2, 0) is 10.0 Å². The molecule has 3 rings (SSSR count). The van der Waals surface area contributed by atoms with Crippen LogP contribution in [0.5, 0.6) is 0 Å². The largest absolute Gasteiger partial charge is 0.382 e. The maximum absolute atomic E-state index is 13.2. The van der Waals surface area contributed by atoms with Crippen LogP contribution in [0.4, 0.5) is 0 Å². The van der Waals surface area contributed by atoms with E-state index in [0.717, 1.165) is 22.3 Å². The van der Waals surface area contributed by atoms with Gasteiger partial charge in [0.05, 0.1) is 31.1 Å². The maximum Gasteiger partial charge on any atom is 0.244 e. The number of piperazine rings is 1. The molecule has 0 aromatic heterocycles. The van der Waals surface area contributed by atoms with Crippen LogP contribution in [-0.4, -0.2) is 50.6 Å². The van der Waals surface area contributed by atoms with Crippen LogP contribution < -0.4 is 4.90 Å². The molecule has 1 saturated heterocycles. The van der Waals surface area contributed by atoms with Crippen LogP contribution in [0.2, 0.25) is 0 Å². The van der Waals surface area contributed by atoms with Gasteiger partial charge in [0.1, 0.15) is 12.6 Å². The average molecular weight is 390 g/mol. The summed E-state index contributed by atoms with van der Waals surface area (Å²) in [5, 5.41) is 10.4. The number of quaternary nitrogens is 1. The van der Waals surface area contributed by atoms with Crippen LogP contribution in [0.25, 0.3) is 0 Å². The molecule has 1 aliphatic heterocycles. The van der Waals surface area contributed by atoms with E-state index >= 15 is 0 Å². The minimum absolute atomic E-state index is 0.445. The second kappa shape index (κ2) is 8.10. The molecule has 1 heterocycles. The third-order valence-electron chi connectivity index (χ3n) is 5.30. The zero-order valence-corrected chi connectivity index (χ0v) is 17.1. The van der Waals surface area contributed by atoms with Crippen molar-refractivity contribution in [3.05, 3.63) is 64.7 Å². The number of nitrogens with one attached hydrogen (secondary N) is 1. The lowest BCUT2D eigenvalue weighted by molar-refractivity contribution is -0.907. The van der Waals surface area contributed by atoms with Crippen LogP contribution in [0.1, 0.15) is 28.4 Å². The van der Waals surface area contributed by atoms with E-state index in [9.17, 15) is 13.5 Å². The van der Waals surface area contributed by atoms with Gasteiger partial charge in [0, 0.05) is 0 Å². The normalized spacial score (nSPS) is 17.8. The lowest BCUT2D eigenvalue weighted by Gasteiger charge is -2.33. The Bertz CT molecular complexity index is 866. The van der Waals surface area contributed by atoms with Crippen LogP contribution >= 0.6 is 0 Å².